The Morgan fingerprint density at radius 3 is 2.75 bits per heavy atom. The highest BCUT2D eigenvalue weighted by molar-refractivity contribution is 9.10. The van der Waals surface area contributed by atoms with Gasteiger partial charge in [0, 0.05) is 4.47 Å². The summed E-state index contributed by atoms with van der Waals surface area (Å²) in [6, 6.07) is 7.76. The first-order valence-electron chi connectivity index (χ1n) is 3.67. The Morgan fingerprint density at radius 1 is 1.58 bits per heavy atom. The van der Waals surface area contributed by atoms with Gasteiger partial charge in [0.25, 0.3) is 0 Å². The van der Waals surface area contributed by atoms with Crippen molar-refractivity contribution in [1.29, 1.82) is 5.26 Å². The Bertz CT molecular complexity index is 323. The predicted octanol–water partition coefficient (Wildman–Crippen LogP) is 3.26. The van der Waals surface area contributed by atoms with Crippen LogP contribution in [-0.4, -0.2) is 0 Å². The van der Waals surface area contributed by atoms with Gasteiger partial charge >= 0.3 is 0 Å². The van der Waals surface area contributed by atoms with Gasteiger partial charge in [0.05, 0.1) is 11.6 Å². The molecule has 12 heavy (non-hydrogen) atoms. The Labute approximate surface area is 81.2 Å². The van der Waals surface area contributed by atoms with Crippen molar-refractivity contribution in [3.63, 3.8) is 0 Å². The minimum Gasteiger partial charge on any atom is -0.192 e. The fourth-order valence-electron chi connectivity index (χ4n) is 1.04. The fourth-order valence-corrected chi connectivity index (χ4v) is 1.42. The van der Waals surface area contributed by atoms with E-state index in [4.69, 9.17) is 5.26 Å². The molecule has 0 aliphatic rings. The molecule has 1 rings (SSSR count). The van der Waals surface area contributed by atoms with Crippen molar-refractivity contribution in [2.75, 3.05) is 0 Å². The monoisotopic (exact) mass is 222 g/mol. The Hall–Kier alpha value is -0.810. The van der Waals surface area contributed by atoms with E-state index >= 15 is 0 Å². The average Bonchev–Trinajstić information content (AvgIpc) is 2.04. The highest BCUT2D eigenvalue weighted by Gasteiger charge is 2.05. The fraction of sp³-hybridized carbons (Fsp3) is 0.200. The second kappa shape index (κ2) is 3.73. The molecule has 0 aliphatic carbocycles. The van der Waals surface area contributed by atoms with Crippen molar-refractivity contribution in [1.82, 2.24) is 0 Å². The van der Waals surface area contributed by atoms with E-state index in [-0.39, 0.29) is 5.92 Å². The number of hydrogen-bond acceptors (Lipinski definition) is 1. The first-order valence-corrected chi connectivity index (χ1v) is 4.47. The van der Waals surface area contributed by atoms with Gasteiger partial charge in [-0.1, -0.05) is 22.9 Å². The summed E-state index contributed by atoms with van der Waals surface area (Å²) in [5, 5.41) is 8.77. The lowest BCUT2D eigenvalue weighted by Crippen LogP contribution is -1.92. The van der Waals surface area contributed by atoms with Crippen LogP contribution in [-0.2, 0) is 0 Å². The first-order chi connectivity index (χ1) is 5.65. The van der Waals surface area contributed by atoms with Crippen LogP contribution in [0, 0.1) is 18.3 Å². The highest BCUT2D eigenvalue weighted by Crippen LogP contribution is 2.22. The van der Waals surface area contributed by atoms with Crippen molar-refractivity contribution >= 4 is 15.9 Å². The van der Waals surface area contributed by atoms with Crippen LogP contribution in [0.25, 0.3) is 0 Å². The van der Waals surface area contributed by atoms with Crippen molar-refractivity contribution in [3.8, 4) is 6.07 Å². The molecule has 0 heterocycles. The van der Waals surface area contributed by atoms with E-state index in [2.05, 4.69) is 28.9 Å². The van der Waals surface area contributed by atoms with E-state index in [1.807, 2.05) is 19.1 Å². The number of nitrogens with zero attached hydrogens (tertiary/aromatic N) is 1. The van der Waals surface area contributed by atoms with Gasteiger partial charge in [-0.25, -0.2) is 0 Å². The summed E-state index contributed by atoms with van der Waals surface area (Å²) >= 11 is 3.36. The molecule has 0 N–H and O–H groups in total. The van der Waals surface area contributed by atoms with Gasteiger partial charge in [-0.15, -0.1) is 0 Å². The summed E-state index contributed by atoms with van der Waals surface area (Å²) in [5.41, 5.74) is 1.70. The summed E-state index contributed by atoms with van der Waals surface area (Å²) in [6.45, 7) is 5.86. The van der Waals surface area contributed by atoms with Crippen LogP contribution in [0.5, 0.6) is 0 Å². The number of rotatable bonds is 1. The molecule has 0 spiro atoms. The third kappa shape index (κ3) is 1.86. The molecule has 2 heteroatoms. The van der Waals surface area contributed by atoms with Crippen LogP contribution >= 0.6 is 15.9 Å². The van der Waals surface area contributed by atoms with E-state index in [1.165, 1.54) is 0 Å². The Kier molecular flexibility index (Phi) is 2.88. The molecule has 1 atom stereocenters. The quantitative estimate of drug-likeness (QED) is 0.716. The van der Waals surface area contributed by atoms with Gasteiger partial charge in [-0.3, -0.25) is 0 Å². The van der Waals surface area contributed by atoms with E-state index in [9.17, 15) is 0 Å². The summed E-state index contributed by atoms with van der Waals surface area (Å²) in [5.74, 6) is 0.150. The second-order valence-corrected chi connectivity index (χ2v) is 3.66. The zero-order valence-corrected chi connectivity index (χ0v) is 8.43. The second-order valence-electron chi connectivity index (χ2n) is 2.74. The van der Waals surface area contributed by atoms with Crippen LogP contribution in [0.1, 0.15) is 24.0 Å². The molecule has 0 aromatic heterocycles. The molecule has 1 unspecified atom stereocenters. The standard InChI is InChI=1S/C10H9BrN/c1-7(2)10-5-9(11)4-3-8(10)6-12/h3-5,7H,1H2,2H3. The third-order valence-corrected chi connectivity index (χ3v) is 2.16. The van der Waals surface area contributed by atoms with Gasteiger partial charge in [-0.05, 0) is 36.6 Å². The minimum absolute atomic E-state index is 0.150. The molecule has 1 aromatic carbocycles. The molecular weight excluding hydrogens is 214 g/mol. The van der Waals surface area contributed by atoms with Gasteiger partial charge < -0.3 is 0 Å². The molecule has 0 saturated heterocycles. The van der Waals surface area contributed by atoms with E-state index < -0.39 is 0 Å². The van der Waals surface area contributed by atoms with Gasteiger partial charge in [0.1, 0.15) is 0 Å². The lowest BCUT2D eigenvalue weighted by molar-refractivity contribution is 0.957. The summed E-state index contributed by atoms with van der Waals surface area (Å²) in [4.78, 5) is 0. The van der Waals surface area contributed by atoms with Crippen LogP contribution in [0.2, 0.25) is 0 Å². The molecule has 1 radical (unpaired) electrons. The van der Waals surface area contributed by atoms with Crippen LogP contribution in [0.15, 0.2) is 22.7 Å². The molecule has 0 fully saturated rings. The largest absolute Gasteiger partial charge is 0.192 e. The molecule has 0 aliphatic heterocycles. The van der Waals surface area contributed by atoms with Crippen molar-refractivity contribution in [2.45, 2.75) is 12.8 Å². The van der Waals surface area contributed by atoms with Crippen molar-refractivity contribution < 1.29 is 0 Å². The molecular formula is C10H9BrN. The molecule has 0 amide bonds. The van der Waals surface area contributed by atoms with Crippen molar-refractivity contribution in [3.05, 3.63) is 40.7 Å². The average molecular weight is 223 g/mol. The molecule has 1 aromatic rings. The lowest BCUT2D eigenvalue weighted by atomic mass is 9.98. The maximum absolute atomic E-state index is 8.77. The molecule has 1 nitrogen and oxygen atoms in total. The van der Waals surface area contributed by atoms with Gasteiger partial charge in [-0.2, -0.15) is 5.26 Å². The van der Waals surface area contributed by atoms with Crippen molar-refractivity contribution in [2.24, 2.45) is 0 Å². The Balaban J connectivity index is 3.24. The highest BCUT2D eigenvalue weighted by atomic mass is 79.9. The molecule has 61 valence electrons. The minimum atomic E-state index is 0.150. The first kappa shape index (κ1) is 9.28. The lowest BCUT2D eigenvalue weighted by Gasteiger charge is -2.07. The van der Waals surface area contributed by atoms with Crippen LogP contribution in [0.3, 0.4) is 0 Å². The maximum Gasteiger partial charge on any atom is 0.0994 e. The number of halogens is 1. The number of benzene rings is 1. The summed E-state index contributed by atoms with van der Waals surface area (Å²) in [6.07, 6.45) is 0. The summed E-state index contributed by atoms with van der Waals surface area (Å²) in [7, 11) is 0. The smallest absolute Gasteiger partial charge is 0.0994 e. The zero-order valence-electron chi connectivity index (χ0n) is 6.84. The molecule has 0 saturated carbocycles. The predicted molar refractivity (Wildman–Crippen MR) is 52.6 cm³/mol. The molecule has 0 bridgehead atoms. The Morgan fingerprint density at radius 2 is 2.25 bits per heavy atom. The van der Waals surface area contributed by atoms with E-state index in [0.717, 1.165) is 10.0 Å². The SMILES string of the molecule is [CH2]C(C)c1cc(Br)ccc1C#N. The van der Waals surface area contributed by atoms with E-state index in [0.29, 0.717) is 5.56 Å². The normalized spacial score (nSPS) is 9.92. The van der Waals surface area contributed by atoms with Gasteiger partial charge in [0.2, 0.25) is 0 Å². The van der Waals surface area contributed by atoms with E-state index in [1.54, 1.807) is 6.07 Å². The number of hydrogen-bond donors (Lipinski definition) is 0. The zero-order chi connectivity index (χ0) is 9.14. The number of nitriles is 1. The third-order valence-electron chi connectivity index (χ3n) is 1.66. The van der Waals surface area contributed by atoms with Gasteiger partial charge in [0.15, 0.2) is 0 Å². The summed E-state index contributed by atoms with van der Waals surface area (Å²) < 4.78 is 0.993. The maximum atomic E-state index is 8.77. The topological polar surface area (TPSA) is 23.8 Å². The van der Waals surface area contributed by atoms with Crippen LogP contribution in [0.4, 0.5) is 0 Å². The van der Waals surface area contributed by atoms with Crippen LogP contribution < -0.4 is 0 Å².